The van der Waals surface area contributed by atoms with E-state index in [4.69, 9.17) is 33.7 Å². The van der Waals surface area contributed by atoms with E-state index in [0.717, 1.165) is 49.7 Å². The fourth-order valence-electron chi connectivity index (χ4n) is 2.95. The zero-order valence-corrected chi connectivity index (χ0v) is 14.3. The Hall–Kier alpha value is -0.320. The number of halogens is 2. The van der Waals surface area contributed by atoms with Crippen molar-refractivity contribution in [3.8, 4) is 0 Å². The van der Waals surface area contributed by atoms with Gasteiger partial charge in [-0.25, -0.2) is 0 Å². The van der Waals surface area contributed by atoms with E-state index < -0.39 is 0 Å². The second-order valence-electron chi connectivity index (χ2n) is 5.86. The second-order valence-corrected chi connectivity index (χ2v) is 6.70. The lowest BCUT2D eigenvalue weighted by Crippen LogP contribution is -2.61. The third kappa shape index (κ3) is 3.91. The molecule has 0 radical (unpaired) electrons. The minimum Gasteiger partial charge on any atom is -0.379 e. The molecule has 3 nitrogen and oxygen atoms in total. The predicted octanol–water partition coefficient (Wildman–Crippen LogP) is 3.36. The lowest BCUT2D eigenvalue weighted by molar-refractivity contribution is -0.0272. The van der Waals surface area contributed by atoms with Crippen molar-refractivity contribution in [3.63, 3.8) is 0 Å². The number of benzene rings is 1. The fourth-order valence-corrected chi connectivity index (χ4v) is 3.34. The van der Waals surface area contributed by atoms with Crippen molar-refractivity contribution in [3.05, 3.63) is 33.8 Å². The van der Waals surface area contributed by atoms with E-state index in [-0.39, 0.29) is 11.6 Å². The van der Waals surface area contributed by atoms with E-state index in [2.05, 4.69) is 18.7 Å². The van der Waals surface area contributed by atoms with Crippen LogP contribution in [0.2, 0.25) is 10.0 Å². The molecule has 1 saturated heterocycles. The summed E-state index contributed by atoms with van der Waals surface area (Å²) in [5, 5.41) is 1.43. The molecule has 5 heteroatoms. The lowest BCUT2D eigenvalue weighted by Gasteiger charge is -2.46. The van der Waals surface area contributed by atoms with Crippen LogP contribution in [0.5, 0.6) is 0 Å². The average Bonchev–Trinajstić information content (AvgIpc) is 2.51. The Bertz CT molecular complexity index is 477. The molecule has 2 atom stereocenters. The van der Waals surface area contributed by atoms with Crippen molar-refractivity contribution in [1.29, 1.82) is 0 Å². The molecule has 0 aliphatic carbocycles. The number of rotatable bonds is 5. The highest BCUT2D eigenvalue weighted by Crippen LogP contribution is 2.29. The molecule has 0 spiro atoms. The maximum Gasteiger partial charge on any atom is 0.0594 e. The molecule has 0 bridgehead atoms. The SMILES string of the molecule is CCC(C)(C(N)Cc1cc(Cl)ccc1Cl)N1CCOCC1. The highest BCUT2D eigenvalue weighted by Gasteiger charge is 2.37. The van der Waals surface area contributed by atoms with Crippen LogP contribution in [0, 0.1) is 0 Å². The van der Waals surface area contributed by atoms with Gasteiger partial charge in [0.2, 0.25) is 0 Å². The number of ether oxygens (including phenoxy) is 1. The van der Waals surface area contributed by atoms with Gasteiger partial charge in [-0.1, -0.05) is 30.1 Å². The van der Waals surface area contributed by atoms with Crippen molar-refractivity contribution in [2.45, 2.75) is 38.3 Å². The fraction of sp³-hybridized carbons (Fsp3) is 0.625. The van der Waals surface area contributed by atoms with Crippen LogP contribution in [0.3, 0.4) is 0 Å². The largest absolute Gasteiger partial charge is 0.379 e. The molecule has 2 N–H and O–H groups in total. The molecule has 1 aliphatic rings. The Balaban J connectivity index is 2.15. The van der Waals surface area contributed by atoms with Gasteiger partial charge in [0, 0.05) is 34.7 Å². The highest BCUT2D eigenvalue weighted by atomic mass is 35.5. The minimum atomic E-state index is -0.0601. The molecule has 0 aromatic heterocycles. The second kappa shape index (κ2) is 7.30. The van der Waals surface area contributed by atoms with E-state index in [9.17, 15) is 0 Å². The van der Waals surface area contributed by atoms with Gasteiger partial charge in [-0.3, -0.25) is 4.90 Å². The van der Waals surface area contributed by atoms with Crippen LogP contribution in [-0.4, -0.2) is 42.8 Å². The standard InChI is InChI=1S/C16H24Cl2N2O/c1-3-16(2,20-6-8-21-9-7-20)15(19)11-12-10-13(17)4-5-14(12)18/h4-5,10,15H,3,6-9,11,19H2,1-2H3. The third-order valence-corrected chi connectivity index (χ3v) is 5.30. The zero-order valence-electron chi connectivity index (χ0n) is 12.7. The average molecular weight is 331 g/mol. The summed E-state index contributed by atoms with van der Waals surface area (Å²) >= 11 is 12.3. The summed E-state index contributed by atoms with van der Waals surface area (Å²) in [5.41, 5.74) is 7.52. The van der Waals surface area contributed by atoms with Crippen LogP contribution in [0.25, 0.3) is 0 Å². The summed E-state index contributed by atoms with van der Waals surface area (Å²) in [5.74, 6) is 0. The molecule has 1 heterocycles. The number of nitrogens with zero attached hydrogens (tertiary/aromatic N) is 1. The van der Waals surface area contributed by atoms with Gasteiger partial charge in [0.1, 0.15) is 0 Å². The summed E-state index contributed by atoms with van der Waals surface area (Å²) in [4.78, 5) is 2.44. The van der Waals surface area contributed by atoms with Crippen molar-refractivity contribution < 1.29 is 4.74 Å². The van der Waals surface area contributed by atoms with Crippen molar-refractivity contribution in [2.75, 3.05) is 26.3 Å². The maximum atomic E-state index is 6.56. The smallest absolute Gasteiger partial charge is 0.0594 e. The summed E-state index contributed by atoms with van der Waals surface area (Å²) in [7, 11) is 0. The molecule has 1 fully saturated rings. The molecular weight excluding hydrogens is 307 g/mol. The van der Waals surface area contributed by atoms with Crippen LogP contribution in [0.15, 0.2) is 18.2 Å². The summed E-state index contributed by atoms with van der Waals surface area (Å²) < 4.78 is 5.45. The van der Waals surface area contributed by atoms with Crippen LogP contribution < -0.4 is 5.73 Å². The van der Waals surface area contributed by atoms with Gasteiger partial charge in [0.15, 0.2) is 0 Å². The lowest BCUT2D eigenvalue weighted by atomic mass is 9.84. The third-order valence-electron chi connectivity index (χ3n) is 4.70. The first-order valence-electron chi connectivity index (χ1n) is 7.49. The van der Waals surface area contributed by atoms with E-state index in [0.29, 0.717) is 5.02 Å². The summed E-state index contributed by atoms with van der Waals surface area (Å²) in [6, 6.07) is 5.56. The number of hydrogen-bond donors (Lipinski definition) is 1. The zero-order chi connectivity index (χ0) is 15.5. The van der Waals surface area contributed by atoms with Crippen molar-refractivity contribution >= 4 is 23.2 Å². The molecule has 21 heavy (non-hydrogen) atoms. The van der Waals surface area contributed by atoms with Crippen molar-refractivity contribution in [1.82, 2.24) is 4.90 Å². The van der Waals surface area contributed by atoms with Crippen LogP contribution in [0.1, 0.15) is 25.8 Å². The highest BCUT2D eigenvalue weighted by molar-refractivity contribution is 6.33. The van der Waals surface area contributed by atoms with Gasteiger partial charge in [0.05, 0.1) is 13.2 Å². The molecule has 118 valence electrons. The Labute approximate surface area is 137 Å². The van der Waals surface area contributed by atoms with Gasteiger partial charge in [-0.2, -0.15) is 0 Å². The van der Waals surface area contributed by atoms with E-state index >= 15 is 0 Å². The Morgan fingerprint density at radius 3 is 2.62 bits per heavy atom. The topological polar surface area (TPSA) is 38.5 Å². The Morgan fingerprint density at radius 1 is 1.33 bits per heavy atom. The van der Waals surface area contributed by atoms with E-state index in [1.807, 2.05) is 12.1 Å². The minimum absolute atomic E-state index is 0.00318. The van der Waals surface area contributed by atoms with Crippen molar-refractivity contribution in [2.24, 2.45) is 5.73 Å². The quantitative estimate of drug-likeness (QED) is 0.899. The van der Waals surface area contributed by atoms with Gasteiger partial charge >= 0.3 is 0 Å². The number of morpholine rings is 1. The molecule has 2 unspecified atom stereocenters. The Kier molecular flexibility index (Phi) is 5.92. The normalized spacial score (nSPS) is 21.0. The van der Waals surface area contributed by atoms with Gasteiger partial charge in [0.25, 0.3) is 0 Å². The first kappa shape index (κ1) is 17.0. The van der Waals surface area contributed by atoms with E-state index in [1.54, 1.807) is 6.07 Å². The molecule has 0 saturated carbocycles. The number of nitrogens with two attached hydrogens (primary N) is 1. The van der Waals surface area contributed by atoms with Gasteiger partial charge < -0.3 is 10.5 Å². The predicted molar refractivity (Wildman–Crippen MR) is 89.2 cm³/mol. The number of hydrogen-bond acceptors (Lipinski definition) is 3. The van der Waals surface area contributed by atoms with Gasteiger partial charge in [-0.15, -0.1) is 0 Å². The maximum absolute atomic E-state index is 6.56. The summed E-state index contributed by atoms with van der Waals surface area (Å²) in [6.07, 6.45) is 1.72. The molecule has 0 amide bonds. The molecular formula is C16H24Cl2N2O. The monoisotopic (exact) mass is 330 g/mol. The van der Waals surface area contributed by atoms with Crippen LogP contribution in [-0.2, 0) is 11.2 Å². The molecule has 1 aromatic carbocycles. The molecule has 1 aromatic rings. The van der Waals surface area contributed by atoms with Crippen LogP contribution >= 0.6 is 23.2 Å². The van der Waals surface area contributed by atoms with Gasteiger partial charge in [-0.05, 0) is 43.5 Å². The van der Waals surface area contributed by atoms with Crippen LogP contribution in [0.4, 0.5) is 0 Å². The summed E-state index contributed by atoms with van der Waals surface area (Å²) in [6.45, 7) is 7.85. The first-order valence-corrected chi connectivity index (χ1v) is 8.25. The molecule has 1 aliphatic heterocycles. The first-order chi connectivity index (χ1) is 9.97. The van der Waals surface area contributed by atoms with E-state index in [1.165, 1.54) is 0 Å². The Morgan fingerprint density at radius 2 is 2.00 bits per heavy atom. The molecule has 2 rings (SSSR count).